The Balaban J connectivity index is 1.86. The lowest BCUT2D eigenvalue weighted by atomic mass is 10.0. The largest absolute Gasteiger partial charge is 0.350 e. The number of hydrogen-bond acceptors (Lipinski definition) is 4. The van der Waals surface area contributed by atoms with Crippen LogP contribution < -0.4 is 9.62 Å². The van der Waals surface area contributed by atoms with Gasteiger partial charge in [-0.05, 0) is 81.1 Å². The lowest BCUT2D eigenvalue weighted by Crippen LogP contribution is -2.56. The van der Waals surface area contributed by atoms with Gasteiger partial charge in [-0.3, -0.25) is 13.9 Å². The summed E-state index contributed by atoms with van der Waals surface area (Å²) >= 11 is 12.6. The number of anilines is 1. The smallest absolute Gasteiger partial charge is 0.264 e. The first-order valence-corrected chi connectivity index (χ1v) is 17.7. The van der Waals surface area contributed by atoms with Crippen LogP contribution in [0, 0.1) is 6.92 Å². The van der Waals surface area contributed by atoms with Crippen LogP contribution in [0.1, 0.15) is 49.9 Å². The molecular formula is C37H41Cl2N3O4S. The molecule has 47 heavy (non-hydrogen) atoms. The Morgan fingerprint density at radius 2 is 1.47 bits per heavy atom. The molecule has 0 heterocycles. The van der Waals surface area contributed by atoms with Crippen LogP contribution in [-0.4, -0.2) is 43.3 Å². The number of sulfonamides is 1. The second kappa shape index (κ2) is 15.4. The van der Waals surface area contributed by atoms with Gasteiger partial charge in [-0.2, -0.15) is 0 Å². The Morgan fingerprint density at radius 3 is 2.09 bits per heavy atom. The van der Waals surface area contributed by atoms with Crippen molar-refractivity contribution in [3.8, 4) is 0 Å². The number of rotatable bonds is 12. The summed E-state index contributed by atoms with van der Waals surface area (Å²) in [4.78, 5) is 30.2. The highest BCUT2D eigenvalue weighted by atomic mass is 35.5. The summed E-state index contributed by atoms with van der Waals surface area (Å²) in [7, 11) is -4.20. The molecule has 1 atom stereocenters. The van der Waals surface area contributed by atoms with E-state index < -0.39 is 34.1 Å². The number of nitrogens with one attached hydrogen (secondary N) is 1. The van der Waals surface area contributed by atoms with E-state index in [1.165, 1.54) is 4.90 Å². The molecule has 0 aliphatic heterocycles. The Morgan fingerprint density at radius 1 is 0.830 bits per heavy atom. The van der Waals surface area contributed by atoms with Crippen molar-refractivity contribution in [3.05, 3.63) is 129 Å². The van der Waals surface area contributed by atoms with Crippen molar-refractivity contribution in [1.29, 1.82) is 0 Å². The van der Waals surface area contributed by atoms with Gasteiger partial charge in [0.1, 0.15) is 12.6 Å². The molecule has 2 amide bonds. The molecule has 0 unspecified atom stereocenters. The highest BCUT2D eigenvalue weighted by Gasteiger charge is 2.36. The summed E-state index contributed by atoms with van der Waals surface area (Å²) in [6, 6.07) is 27.1. The third-order valence-electron chi connectivity index (χ3n) is 7.64. The molecular weight excluding hydrogens is 653 g/mol. The van der Waals surface area contributed by atoms with E-state index in [1.807, 2.05) is 77.1 Å². The normalized spacial score (nSPS) is 12.3. The highest BCUT2D eigenvalue weighted by molar-refractivity contribution is 7.92. The quantitative estimate of drug-likeness (QED) is 0.165. The van der Waals surface area contributed by atoms with Crippen LogP contribution >= 0.6 is 23.2 Å². The van der Waals surface area contributed by atoms with Crippen molar-refractivity contribution in [2.24, 2.45) is 0 Å². The SMILES string of the molecule is CCc1ccccc1N(CC(=O)N(Cc1ccc(Cl)c(Cl)c1)[C@H](Cc1ccccc1)C(=O)NC(C)(C)C)S(=O)(=O)c1ccc(C)cc1. The molecule has 0 aromatic heterocycles. The van der Waals surface area contributed by atoms with Crippen LogP contribution in [0.15, 0.2) is 102 Å². The second-order valence-corrected chi connectivity index (χ2v) is 15.2. The summed E-state index contributed by atoms with van der Waals surface area (Å²) in [5.41, 5.74) is 2.95. The van der Waals surface area contributed by atoms with E-state index in [2.05, 4.69) is 5.32 Å². The van der Waals surface area contributed by atoms with Gasteiger partial charge < -0.3 is 10.2 Å². The van der Waals surface area contributed by atoms with Gasteiger partial charge in [0, 0.05) is 18.5 Å². The molecule has 1 N–H and O–H groups in total. The maximum atomic E-state index is 14.7. The minimum Gasteiger partial charge on any atom is -0.350 e. The molecule has 0 aliphatic carbocycles. The monoisotopic (exact) mass is 693 g/mol. The number of aryl methyl sites for hydroxylation is 2. The van der Waals surface area contributed by atoms with Gasteiger partial charge >= 0.3 is 0 Å². The fourth-order valence-corrected chi connectivity index (χ4v) is 7.02. The molecule has 0 saturated carbocycles. The third kappa shape index (κ3) is 9.37. The van der Waals surface area contributed by atoms with Gasteiger partial charge in [0.05, 0.1) is 20.6 Å². The van der Waals surface area contributed by atoms with Gasteiger partial charge in [0.2, 0.25) is 11.8 Å². The maximum Gasteiger partial charge on any atom is 0.264 e. The number of carbonyl (C=O) groups is 2. The van der Waals surface area contributed by atoms with Gasteiger partial charge in [-0.15, -0.1) is 0 Å². The number of para-hydroxylation sites is 1. The molecule has 10 heteroatoms. The molecule has 248 valence electrons. The fraction of sp³-hybridized carbons (Fsp3) is 0.297. The summed E-state index contributed by atoms with van der Waals surface area (Å²) in [6.45, 7) is 8.86. The zero-order valence-electron chi connectivity index (χ0n) is 27.3. The first kappa shape index (κ1) is 36.0. The molecule has 0 aliphatic rings. The minimum absolute atomic E-state index is 0.0152. The zero-order chi connectivity index (χ0) is 34.4. The molecule has 4 aromatic rings. The highest BCUT2D eigenvalue weighted by Crippen LogP contribution is 2.29. The summed E-state index contributed by atoms with van der Waals surface area (Å²) < 4.78 is 29.8. The Hall–Kier alpha value is -3.85. The number of carbonyl (C=O) groups excluding carboxylic acids is 2. The van der Waals surface area contributed by atoms with Gasteiger partial charge in [0.15, 0.2) is 0 Å². The second-order valence-electron chi connectivity index (χ2n) is 12.5. The van der Waals surface area contributed by atoms with Crippen molar-refractivity contribution < 1.29 is 18.0 Å². The van der Waals surface area contributed by atoms with Crippen molar-refractivity contribution in [3.63, 3.8) is 0 Å². The molecule has 0 spiro atoms. The average Bonchev–Trinajstić information content (AvgIpc) is 3.03. The van der Waals surface area contributed by atoms with Crippen LogP contribution in [0.5, 0.6) is 0 Å². The predicted molar refractivity (Wildman–Crippen MR) is 190 cm³/mol. The molecule has 4 rings (SSSR count). The number of amides is 2. The minimum atomic E-state index is -4.20. The van der Waals surface area contributed by atoms with Crippen molar-refractivity contribution in [2.75, 3.05) is 10.8 Å². The van der Waals surface area contributed by atoms with Crippen LogP contribution in [0.4, 0.5) is 5.69 Å². The standard InChI is InChI=1S/C37H41Cl2N3O4S/c1-6-29-14-10-11-15-33(29)42(47(45,46)30-19-16-26(2)17-20-30)25-35(43)41(24-28-18-21-31(38)32(39)22-28)34(36(44)40-37(3,4)5)23-27-12-8-7-9-13-27/h7-22,34H,6,23-25H2,1-5H3,(H,40,44)/t34-/m1/s1. The molecule has 0 fully saturated rings. The third-order valence-corrected chi connectivity index (χ3v) is 10.1. The maximum absolute atomic E-state index is 14.7. The summed E-state index contributed by atoms with van der Waals surface area (Å²) in [6.07, 6.45) is 0.744. The molecule has 0 saturated heterocycles. The van der Waals surface area contributed by atoms with Gasteiger partial charge in [0.25, 0.3) is 10.0 Å². The first-order valence-electron chi connectivity index (χ1n) is 15.5. The van der Waals surface area contributed by atoms with Crippen LogP contribution in [0.2, 0.25) is 10.0 Å². The Kier molecular flexibility index (Phi) is 11.8. The number of hydrogen-bond donors (Lipinski definition) is 1. The number of nitrogens with zero attached hydrogens (tertiary/aromatic N) is 2. The summed E-state index contributed by atoms with van der Waals surface area (Å²) in [5, 5.41) is 3.69. The van der Waals surface area contributed by atoms with Crippen molar-refractivity contribution in [1.82, 2.24) is 10.2 Å². The first-order chi connectivity index (χ1) is 22.2. The molecule has 0 bridgehead atoms. The van der Waals surface area contributed by atoms with Crippen LogP contribution in [-0.2, 0) is 39.0 Å². The summed E-state index contributed by atoms with van der Waals surface area (Å²) in [5.74, 6) is -0.917. The Labute approximate surface area is 288 Å². The van der Waals surface area contributed by atoms with E-state index in [1.54, 1.807) is 54.6 Å². The van der Waals surface area contributed by atoms with E-state index in [9.17, 15) is 18.0 Å². The molecule has 4 aromatic carbocycles. The number of halogens is 2. The van der Waals surface area contributed by atoms with Crippen LogP contribution in [0.3, 0.4) is 0 Å². The van der Waals surface area contributed by atoms with Gasteiger partial charge in [-0.1, -0.05) is 102 Å². The zero-order valence-corrected chi connectivity index (χ0v) is 29.7. The van der Waals surface area contributed by atoms with E-state index in [0.717, 1.165) is 21.0 Å². The lowest BCUT2D eigenvalue weighted by Gasteiger charge is -2.35. The number of benzene rings is 4. The van der Waals surface area contributed by atoms with Gasteiger partial charge in [-0.25, -0.2) is 8.42 Å². The van der Waals surface area contributed by atoms with E-state index >= 15 is 0 Å². The van der Waals surface area contributed by atoms with E-state index in [4.69, 9.17) is 23.2 Å². The van der Waals surface area contributed by atoms with E-state index in [-0.39, 0.29) is 23.8 Å². The lowest BCUT2D eigenvalue weighted by molar-refractivity contribution is -0.140. The Bertz CT molecular complexity index is 1810. The van der Waals surface area contributed by atoms with E-state index in [0.29, 0.717) is 27.7 Å². The predicted octanol–water partition coefficient (Wildman–Crippen LogP) is 7.61. The topological polar surface area (TPSA) is 86.8 Å². The van der Waals surface area contributed by atoms with Crippen molar-refractivity contribution in [2.45, 2.75) is 70.5 Å². The molecule has 7 nitrogen and oxygen atoms in total. The molecule has 0 radical (unpaired) electrons. The average molecular weight is 695 g/mol. The van der Waals surface area contributed by atoms with Crippen molar-refractivity contribution >= 4 is 50.7 Å². The fourth-order valence-electron chi connectivity index (χ4n) is 5.25. The van der Waals surface area contributed by atoms with Crippen LogP contribution in [0.25, 0.3) is 0 Å².